The van der Waals surface area contributed by atoms with Gasteiger partial charge in [0.05, 0.1) is 0 Å². The molecule has 2 nitrogen and oxygen atoms in total. The summed E-state index contributed by atoms with van der Waals surface area (Å²) in [5.41, 5.74) is 13.0. The number of hydrogen-bond acceptors (Lipinski definition) is 2. The van der Waals surface area contributed by atoms with E-state index in [2.05, 4.69) is 46.0 Å². The van der Waals surface area contributed by atoms with Crippen LogP contribution in [0, 0.1) is 27.7 Å². The van der Waals surface area contributed by atoms with E-state index in [1.165, 1.54) is 27.8 Å². The van der Waals surface area contributed by atoms with E-state index < -0.39 is 0 Å². The zero-order valence-corrected chi connectivity index (χ0v) is 12.6. The number of nitrogens with two attached hydrogens (primary N) is 1. The molecule has 0 bridgehead atoms. The van der Waals surface area contributed by atoms with Crippen LogP contribution in [0.3, 0.4) is 0 Å². The summed E-state index contributed by atoms with van der Waals surface area (Å²) < 4.78 is 0. The fraction of sp³-hybridized carbons (Fsp3) is 0.625. The second-order valence-corrected chi connectivity index (χ2v) is 5.50. The lowest BCUT2D eigenvalue weighted by Crippen LogP contribution is -2.25. The van der Waals surface area contributed by atoms with Crippen molar-refractivity contribution >= 4 is 0 Å². The van der Waals surface area contributed by atoms with E-state index in [-0.39, 0.29) is 0 Å². The molecule has 0 aromatic heterocycles. The summed E-state index contributed by atoms with van der Waals surface area (Å²) in [5, 5.41) is 3.48. The fourth-order valence-corrected chi connectivity index (χ4v) is 2.34. The Bertz CT molecular complexity index is 368. The number of nitrogens with one attached hydrogen (secondary N) is 1. The maximum atomic E-state index is 5.73. The van der Waals surface area contributed by atoms with Crippen LogP contribution < -0.4 is 11.1 Å². The Morgan fingerprint density at radius 1 is 1.06 bits per heavy atom. The highest BCUT2D eigenvalue weighted by molar-refractivity contribution is 5.44. The molecule has 1 aromatic rings. The normalized spacial score (nSPS) is 12.8. The van der Waals surface area contributed by atoms with Gasteiger partial charge in [-0.1, -0.05) is 6.07 Å². The third-order valence-electron chi connectivity index (χ3n) is 3.85. The minimum atomic E-state index is 0.294. The van der Waals surface area contributed by atoms with Crippen molar-refractivity contribution in [1.29, 1.82) is 0 Å². The molecule has 1 unspecified atom stereocenters. The van der Waals surface area contributed by atoms with E-state index in [9.17, 15) is 0 Å². The first-order chi connectivity index (χ1) is 8.43. The molecule has 0 fully saturated rings. The molecule has 18 heavy (non-hydrogen) atoms. The van der Waals surface area contributed by atoms with Crippen molar-refractivity contribution in [2.45, 2.75) is 53.5 Å². The topological polar surface area (TPSA) is 38.0 Å². The van der Waals surface area contributed by atoms with Crippen LogP contribution in [0.25, 0.3) is 0 Å². The molecule has 1 rings (SSSR count). The molecule has 0 saturated heterocycles. The van der Waals surface area contributed by atoms with Crippen LogP contribution in [0.2, 0.25) is 0 Å². The third kappa shape index (κ3) is 4.11. The molecule has 0 amide bonds. The molecule has 0 saturated carbocycles. The van der Waals surface area contributed by atoms with Gasteiger partial charge in [0.1, 0.15) is 0 Å². The van der Waals surface area contributed by atoms with Crippen molar-refractivity contribution in [3.05, 3.63) is 33.9 Å². The summed E-state index contributed by atoms with van der Waals surface area (Å²) in [6, 6.07) is 2.58. The molecule has 0 aliphatic carbocycles. The molecule has 1 aromatic carbocycles. The van der Waals surface area contributed by atoms with E-state index in [1.54, 1.807) is 0 Å². The highest BCUT2D eigenvalue weighted by Crippen LogP contribution is 2.21. The summed E-state index contributed by atoms with van der Waals surface area (Å²) >= 11 is 0. The van der Waals surface area contributed by atoms with Gasteiger partial charge >= 0.3 is 0 Å². The van der Waals surface area contributed by atoms with E-state index in [0.717, 1.165) is 25.9 Å². The van der Waals surface area contributed by atoms with Crippen molar-refractivity contribution in [1.82, 2.24) is 5.32 Å². The van der Waals surface area contributed by atoms with Gasteiger partial charge in [0.2, 0.25) is 0 Å². The lowest BCUT2D eigenvalue weighted by molar-refractivity contribution is 0.589. The fourth-order valence-electron chi connectivity index (χ4n) is 2.34. The maximum Gasteiger partial charge on any atom is 0.00225 e. The van der Waals surface area contributed by atoms with Gasteiger partial charge in [0.25, 0.3) is 0 Å². The highest BCUT2D eigenvalue weighted by atomic mass is 14.8. The first kappa shape index (κ1) is 15.2. The number of aryl methyl sites for hydroxylation is 2. The van der Waals surface area contributed by atoms with E-state index in [1.807, 2.05) is 0 Å². The average molecular weight is 248 g/mol. The van der Waals surface area contributed by atoms with Crippen molar-refractivity contribution in [3.63, 3.8) is 0 Å². The van der Waals surface area contributed by atoms with Crippen LogP contribution in [0.4, 0.5) is 0 Å². The number of rotatable bonds is 6. The minimum absolute atomic E-state index is 0.294. The lowest BCUT2D eigenvalue weighted by Gasteiger charge is -2.15. The Morgan fingerprint density at radius 2 is 1.61 bits per heavy atom. The Balaban J connectivity index is 2.57. The zero-order valence-electron chi connectivity index (χ0n) is 12.6. The van der Waals surface area contributed by atoms with Gasteiger partial charge in [-0.2, -0.15) is 0 Å². The first-order valence-electron chi connectivity index (χ1n) is 6.96. The molecule has 1 atom stereocenters. The Labute approximate surface area is 112 Å². The Kier molecular flexibility index (Phi) is 5.83. The second kappa shape index (κ2) is 6.91. The SMILES string of the molecule is Cc1cc(C)c(C)c(CCNCCC(C)N)c1C. The standard InChI is InChI=1S/C16H28N2/c1-11-10-12(2)15(5)16(14(11)4)7-9-18-8-6-13(3)17/h10,13,18H,6-9,17H2,1-5H3. The van der Waals surface area contributed by atoms with Crippen molar-refractivity contribution in [3.8, 4) is 0 Å². The van der Waals surface area contributed by atoms with Crippen LogP contribution in [-0.2, 0) is 6.42 Å². The van der Waals surface area contributed by atoms with Crippen LogP contribution in [-0.4, -0.2) is 19.1 Å². The average Bonchev–Trinajstić information content (AvgIpc) is 2.30. The Morgan fingerprint density at radius 3 is 2.11 bits per heavy atom. The monoisotopic (exact) mass is 248 g/mol. The number of hydrogen-bond donors (Lipinski definition) is 2. The number of benzene rings is 1. The molecule has 0 spiro atoms. The summed E-state index contributed by atoms with van der Waals surface area (Å²) in [7, 11) is 0. The first-order valence-corrected chi connectivity index (χ1v) is 6.96. The molecule has 0 radical (unpaired) electrons. The van der Waals surface area contributed by atoms with Crippen LogP contribution in [0.15, 0.2) is 6.07 Å². The van der Waals surface area contributed by atoms with Gasteiger partial charge in [-0.05, 0) is 88.4 Å². The van der Waals surface area contributed by atoms with Crippen LogP contribution in [0.1, 0.15) is 41.2 Å². The van der Waals surface area contributed by atoms with Crippen LogP contribution >= 0.6 is 0 Å². The minimum Gasteiger partial charge on any atom is -0.328 e. The van der Waals surface area contributed by atoms with Crippen LogP contribution in [0.5, 0.6) is 0 Å². The van der Waals surface area contributed by atoms with Crippen molar-refractivity contribution < 1.29 is 0 Å². The predicted octanol–water partition coefficient (Wildman–Crippen LogP) is 2.79. The lowest BCUT2D eigenvalue weighted by atomic mass is 9.92. The zero-order chi connectivity index (χ0) is 13.7. The molecule has 0 heterocycles. The predicted molar refractivity (Wildman–Crippen MR) is 80.2 cm³/mol. The Hall–Kier alpha value is -0.860. The smallest absolute Gasteiger partial charge is 0.00225 e. The molecule has 2 heteroatoms. The van der Waals surface area contributed by atoms with E-state index >= 15 is 0 Å². The maximum absolute atomic E-state index is 5.73. The summed E-state index contributed by atoms with van der Waals surface area (Å²) in [6.07, 6.45) is 2.16. The van der Waals surface area contributed by atoms with Crippen molar-refractivity contribution in [2.75, 3.05) is 13.1 Å². The van der Waals surface area contributed by atoms with Gasteiger partial charge in [-0.25, -0.2) is 0 Å². The van der Waals surface area contributed by atoms with Gasteiger partial charge in [-0.15, -0.1) is 0 Å². The van der Waals surface area contributed by atoms with Gasteiger partial charge in [0.15, 0.2) is 0 Å². The van der Waals surface area contributed by atoms with Crippen molar-refractivity contribution in [2.24, 2.45) is 5.73 Å². The molecule has 102 valence electrons. The molecule has 0 aliphatic rings. The molecule has 0 aliphatic heterocycles. The highest BCUT2D eigenvalue weighted by Gasteiger charge is 2.07. The van der Waals surface area contributed by atoms with Gasteiger partial charge < -0.3 is 11.1 Å². The quantitative estimate of drug-likeness (QED) is 0.760. The van der Waals surface area contributed by atoms with E-state index in [0.29, 0.717) is 6.04 Å². The second-order valence-electron chi connectivity index (χ2n) is 5.50. The van der Waals surface area contributed by atoms with Gasteiger partial charge in [-0.3, -0.25) is 0 Å². The van der Waals surface area contributed by atoms with E-state index in [4.69, 9.17) is 5.73 Å². The largest absolute Gasteiger partial charge is 0.328 e. The molecule has 3 N–H and O–H groups in total. The summed E-state index contributed by atoms with van der Waals surface area (Å²) in [4.78, 5) is 0. The summed E-state index contributed by atoms with van der Waals surface area (Å²) in [6.45, 7) is 13.0. The third-order valence-corrected chi connectivity index (χ3v) is 3.85. The summed E-state index contributed by atoms with van der Waals surface area (Å²) in [5.74, 6) is 0. The molecular weight excluding hydrogens is 220 g/mol. The molecular formula is C16H28N2. The van der Waals surface area contributed by atoms with Gasteiger partial charge in [0, 0.05) is 6.04 Å².